The summed E-state index contributed by atoms with van der Waals surface area (Å²) in [6.07, 6.45) is 2.49. The lowest BCUT2D eigenvalue weighted by Gasteiger charge is -2.25. The third-order valence-electron chi connectivity index (χ3n) is 2.66. The molecule has 0 amide bonds. The van der Waals surface area contributed by atoms with Gasteiger partial charge in [-0.15, -0.1) is 0 Å². The first-order valence-corrected chi connectivity index (χ1v) is 5.25. The van der Waals surface area contributed by atoms with E-state index in [-0.39, 0.29) is 5.97 Å². The van der Waals surface area contributed by atoms with Crippen LogP contribution in [0.3, 0.4) is 0 Å². The van der Waals surface area contributed by atoms with E-state index in [4.69, 9.17) is 10.5 Å². The van der Waals surface area contributed by atoms with Crippen LogP contribution in [0, 0.1) is 5.92 Å². The SMILES string of the molecule is CCOC(=O)CN(C)C(CN)C1CC1. The van der Waals surface area contributed by atoms with Crippen molar-refractivity contribution >= 4 is 5.97 Å². The number of nitrogens with two attached hydrogens (primary N) is 1. The lowest BCUT2D eigenvalue weighted by molar-refractivity contribution is -0.144. The summed E-state index contributed by atoms with van der Waals surface area (Å²) < 4.78 is 4.89. The molecule has 0 aliphatic heterocycles. The number of carbonyl (C=O) groups is 1. The second kappa shape index (κ2) is 5.32. The highest BCUT2D eigenvalue weighted by molar-refractivity contribution is 5.71. The minimum atomic E-state index is -0.158. The summed E-state index contributed by atoms with van der Waals surface area (Å²) in [5, 5.41) is 0. The summed E-state index contributed by atoms with van der Waals surface area (Å²) in [5.41, 5.74) is 5.67. The van der Waals surface area contributed by atoms with Crippen molar-refractivity contribution in [2.24, 2.45) is 11.7 Å². The fraction of sp³-hybridized carbons (Fsp3) is 0.900. The first-order valence-electron chi connectivity index (χ1n) is 5.25. The Morgan fingerprint density at radius 1 is 1.64 bits per heavy atom. The molecule has 1 aliphatic rings. The average molecular weight is 200 g/mol. The number of ether oxygens (including phenoxy) is 1. The maximum absolute atomic E-state index is 11.2. The van der Waals surface area contributed by atoms with Crippen LogP contribution in [-0.2, 0) is 9.53 Å². The Hall–Kier alpha value is -0.610. The number of nitrogens with zero attached hydrogens (tertiary/aromatic N) is 1. The molecule has 4 heteroatoms. The van der Waals surface area contributed by atoms with Crippen LogP contribution in [-0.4, -0.2) is 43.7 Å². The molecule has 0 spiro atoms. The maximum atomic E-state index is 11.2. The van der Waals surface area contributed by atoms with E-state index in [0.29, 0.717) is 31.7 Å². The number of hydrogen-bond acceptors (Lipinski definition) is 4. The van der Waals surface area contributed by atoms with Gasteiger partial charge in [0.05, 0.1) is 13.2 Å². The number of hydrogen-bond donors (Lipinski definition) is 1. The predicted molar refractivity (Wildman–Crippen MR) is 54.8 cm³/mol. The third kappa shape index (κ3) is 3.27. The predicted octanol–water partition coefficient (Wildman–Crippen LogP) is 0.219. The van der Waals surface area contributed by atoms with Crippen molar-refractivity contribution in [1.29, 1.82) is 0 Å². The first kappa shape index (κ1) is 11.5. The molecule has 2 N–H and O–H groups in total. The zero-order chi connectivity index (χ0) is 10.6. The molecule has 0 aromatic heterocycles. The number of likely N-dealkylation sites (N-methyl/N-ethyl adjacent to an activating group) is 1. The van der Waals surface area contributed by atoms with Crippen molar-refractivity contribution in [1.82, 2.24) is 4.90 Å². The largest absolute Gasteiger partial charge is 0.465 e. The molecule has 14 heavy (non-hydrogen) atoms. The van der Waals surface area contributed by atoms with E-state index in [0.717, 1.165) is 0 Å². The molecule has 0 aromatic rings. The van der Waals surface area contributed by atoms with E-state index in [2.05, 4.69) is 0 Å². The lowest BCUT2D eigenvalue weighted by atomic mass is 10.1. The van der Waals surface area contributed by atoms with Gasteiger partial charge in [0.25, 0.3) is 0 Å². The fourth-order valence-corrected chi connectivity index (χ4v) is 1.74. The van der Waals surface area contributed by atoms with Gasteiger partial charge in [-0.3, -0.25) is 9.69 Å². The van der Waals surface area contributed by atoms with Gasteiger partial charge in [0.2, 0.25) is 0 Å². The molecule has 0 bridgehead atoms. The van der Waals surface area contributed by atoms with Crippen LogP contribution in [0.15, 0.2) is 0 Å². The summed E-state index contributed by atoms with van der Waals surface area (Å²) in [6, 6.07) is 0.347. The lowest BCUT2D eigenvalue weighted by Crippen LogP contribution is -2.42. The first-order chi connectivity index (χ1) is 6.69. The molecule has 0 saturated heterocycles. The van der Waals surface area contributed by atoms with Crippen molar-refractivity contribution in [3.8, 4) is 0 Å². The molecule has 1 aliphatic carbocycles. The minimum Gasteiger partial charge on any atom is -0.465 e. The highest BCUT2D eigenvalue weighted by Gasteiger charge is 2.33. The van der Waals surface area contributed by atoms with Gasteiger partial charge in [-0.2, -0.15) is 0 Å². The van der Waals surface area contributed by atoms with Crippen molar-refractivity contribution in [3.63, 3.8) is 0 Å². The van der Waals surface area contributed by atoms with E-state index < -0.39 is 0 Å². The molecule has 1 saturated carbocycles. The van der Waals surface area contributed by atoms with Gasteiger partial charge < -0.3 is 10.5 Å². The molecule has 1 fully saturated rings. The summed E-state index contributed by atoms with van der Waals surface area (Å²) in [6.45, 7) is 3.25. The van der Waals surface area contributed by atoms with Gasteiger partial charge in [0, 0.05) is 12.6 Å². The van der Waals surface area contributed by atoms with Crippen LogP contribution in [0.4, 0.5) is 0 Å². The second-order valence-electron chi connectivity index (χ2n) is 3.86. The topological polar surface area (TPSA) is 55.6 Å². The van der Waals surface area contributed by atoms with Gasteiger partial charge in [-0.1, -0.05) is 0 Å². The molecule has 82 valence electrons. The van der Waals surface area contributed by atoms with Gasteiger partial charge in [0.1, 0.15) is 0 Å². The summed E-state index contributed by atoms with van der Waals surface area (Å²) in [5.74, 6) is 0.536. The average Bonchev–Trinajstić information content (AvgIpc) is 2.89. The quantitative estimate of drug-likeness (QED) is 0.623. The monoisotopic (exact) mass is 200 g/mol. The van der Waals surface area contributed by atoms with E-state index >= 15 is 0 Å². The van der Waals surface area contributed by atoms with Crippen LogP contribution >= 0.6 is 0 Å². The minimum absolute atomic E-state index is 0.158. The van der Waals surface area contributed by atoms with Crippen LogP contribution in [0.1, 0.15) is 19.8 Å². The van der Waals surface area contributed by atoms with E-state index in [1.165, 1.54) is 12.8 Å². The van der Waals surface area contributed by atoms with Crippen LogP contribution in [0.5, 0.6) is 0 Å². The highest BCUT2D eigenvalue weighted by atomic mass is 16.5. The van der Waals surface area contributed by atoms with Crippen molar-refractivity contribution in [2.45, 2.75) is 25.8 Å². The summed E-state index contributed by atoms with van der Waals surface area (Å²) >= 11 is 0. The molecule has 0 heterocycles. The third-order valence-corrected chi connectivity index (χ3v) is 2.66. The van der Waals surface area contributed by atoms with Crippen LogP contribution < -0.4 is 5.73 Å². The van der Waals surface area contributed by atoms with Gasteiger partial charge >= 0.3 is 5.97 Å². The molecule has 0 radical (unpaired) electrons. The summed E-state index contributed by atoms with van der Waals surface area (Å²) in [4.78, 5) is 13.2. The van der Waals surface area contributed by atoms with Gasteiger partial charge in [-0.25, -0.2) is 0 Å². The van der Waals surface area contributed by atoms with Gasteiger partial charge in [0.15, 0.2) is 0 Å². The Bertz CT molecular complexity index is 193. The maximum Gasteiger partial charge on any atom is 0.320 e. The van der Waals surface area contributed by atoms with Crippen molar-refractivity contribution in [3.05, 3.63) is 0 Å². The van der Waals surface area contributed by atoms with Crippen molar-refractivity contribution in [2.75, 3.05) is 26.7 Å². The fourth-order valence-electron chi connectivity index (χ4n) is 1.74. The molecule has 1 rings (SSSR count). The van der Waals surface area contributed by atoms with Crippen molar-refractivity contribution < 1.29 is 9.53 Å². The number of esters is 1. The van der Waals surface area contributed by atoms with Crippen LogP contribution in [0.25, 0.3) is 0 Å². The zero-order valence-electron chi connectivity index (χ0n) is 9.03. The summed E-state index contributed by atoms with van der Waals surface area (Å²) in [7, 11) is 1.94. The smallest absolute Gasteiger partial charge is 0.320 e. The second-order valence-corrected chi connectivity index (χ2v) is 3.86. The Balaban J connectivity index is 2.30. The Morgan fingerprint density at radius 2 is 2.29 bits per heavy atom. The molecule has 4 nitrogen and oxygen atoms in total. The Morgan fingerprint density at radius 3 is 2.71 bits per heavy atom. The number of carbonyl (C=O) groups excluding carboxylic acids is 1. The van der Waals surface area contributed by atoms with E-state index in [1.807, 2.05) is 18.9 Å². The van der Waals surface area contributed by atoms with E-state index in [1.54, 1.807) is 0 Å². The van der Waals surface area contributed by atoms with E-state index in [9.17, 15) is 4.79 Å². The number of rotatable bonds is 6. The molecule has 1 atom stereocenters. The molecular weight excluding hydrogens is 180 g/mol. The molecule has 1 unspecified atom stereocenters. The van der Waals surface area contributed by atoms with Crippen LogP contribution in [0.2, 0.25) is 0 Å². The standard InChI is InChI=1S/C10H20N2O2/c1-3-14-10(13)7-12(2)9(6-11)8-4-5-8/h8-9H,3-7,11H2,1-2H3. The normalized spacial score (nSPS) is 18.3. The Labute approximate surface area is 85.4 Å². The van der Waals surface area contributed by atoms with Gasteiger partial charge in [-0.05, 0) is 32.7 Å². The zero-order valence-corrected chi connectivity index (χ0v) is 9.03. The molecular formula is C10H20N2O2. The molecule has 0 aromatic carbocycles. The highest BCUT2D eigenvalue weighted by Crippen LogP contribution is 2.34. The Kier molecular flexibility index (Phi) is 4.35.